The standard InChI is InChI=1S/C16H17FN2O/c1-10-6-11(2)15(18)8-14(10)16(20)19-9-12-4-3-5-13(17)7-12/h3-8H,9,18H2,1-2H3,(H,19,20). The molecule has 3 nitrogen and oxygen atoms in total. The van der Waals surface area contributed by atoms with Crippen molar-refractivity contribution in [2.24, 2.45) is 0 Å². The minimum atomic E-state index is -0.312. The van der Waals surface area contributed by atoms with Gasteiger partial charge in [-0.25, -0.2) is 4.39 Å². The van der Waals surface area contributed by atoms with Crippen LogP contribution in [0.2, 0.25) is 0 Å². The van der Waals surface area contributed by atoms with Crippen molar-refractivity contribution in [2.75, 3.05) is 5.73 Å². The Balaban J connectivity index is 2.11. The number of nitrogens with two attached hydrogens (primary N) is 1. The summed E-state index contributed by atoms with van der Waals surface area (Å²) < 4.78 is 13.0. The molecule has 0 spiro atoms. The van der Waals surface area contributed by atoms with Gasteiger partial charge in [-0.1, -0.05) is 18.2 Å². The van der Waals surface area contributed by atoms with Gasteiger partial charge >= 0.3 is 0 Å². The van der Waals surface area contributed by atoms with E-state index in [-0.39, 0.29) is 18.3 Å². The summed E-state index contributed by atoms with van der Waals surface area (Å²) in [6.45, 7) is 4.05. The number of hydrogen-bond acceptors (Lipinski definition) is 2. The molecule has 2 rings (SSSR count). The lowest BCUT2D eigenvalue weighted by atomic mass is 10.0. The summed E-state index contributed by atoms with van der Waals surface area (Å²) in [7, 11) is 0. The van der Waals surface area contributed by atoms with Gasteiger partial charge in [0.15, 0.2) is 0 Å². The van der Waals surface area contributed by atoms with Gasteiger partial charge in [-0.05, 0) is 48.7 Å². The molecule has 0 bridgehead atoms. The largest absolute Gasteiger partial charge is 0.398 e. The first kappa shape index (κ1) is 14.1. The summed E-state index contributed by atoms with van der Waals surface area (Å²) >= 11 is 0. The molecule has 0 heterocycles. The van der Waals surface area contributed by atoms with E-state index >= 15 is 0 Å². The monoisotopic (exact) mass is 272 g/mol. The summed E-state index contributed by atoms with van der Waals surface area (Å²) in [5.41, 5.74) is 9.50. The Labute approximate surface area is 117 Å². The zero-order chi connectivity index (χ0) is 14.7. The Morgan fingerprint density at radius 3 is 2.65 bits per heavy atom. The molecule has 1 amide bonds. The van der Waals surface area contributed by atoms with Crippen LogP contribution in [0.4, 0.5) is 10.1 Å². The van der Waals surface area contributed by atoms with Crippen LogP contribution in [0.1, 0.15) is 27.0 Å². The van der Waals surface area contributed by atoms with Gasteiger partial charge in [0, 0.05) is 17.8 Å². The lowest BCUT2D eigenvalue weighted by Gasteiger charge is -2.10. The summed E-state index contributed by atoms with van der Waals surface area (Å²) in [4.78, 5) is 12.1. The van der Waals surface area contributed by atoms with Crippen LogP contribution < -0.4 is 11.1 Å². The zero-order valence-electron chi connectivity index (χ0n) is 11.5. The Hall–Kier alpha value is -2.36. The van der Waals surface area contributed by atoms with Gasteiger partial charge in [-0.3, -0.25) is 4.79 Å². The third kappa shape index (κ3) is 3.15. The van der Waals surface area contributed by atoms with E-state index in [0.717, 1.165) is 16.7 Å². The van der Waals surface area contributed by atoms with Crippen molar-refractivity contribution in [3.63, 3.8) is 0 Å². The molecule has 0 aliphatic heterocycles. The average Bonchev–Trinajstić information content (AvgIpc) is 2.40. The Morgan fingerprint density at radius 2 is 1.95 bits per heavy atom. The van der Waals surface area contributed by atoms with Gasteiger partial charge in [-0.2, -0.15) is 0 Å². The van der Waals surface area contributed by atoms with E-state index in [2.05, 4.69) is 5.32 Å². The SMILES string of the molecule is Cc1cc(C)c(C(=O)NCc2cccc(F)c2)cc1N. The lowest BCUT2D eigenvalue weighted by Crippen LogP contribution is -2.24. The molecule has 0 radical (unpaired) electrons. The van der Waals surface area contributed by atoms with E-state index < -0.39 is 0 Å². The first-order chi connectivity index (χ1) is 9.47. The van der Waals surface area contributed by atoms with Crippen LogP contribution in [0.5, 0.6) is 0 Å². The number of amides is 1. The van der Waals surface area contributed by atoms with E-state index in [4.69, 9.17) is 5.73 Å². The highest BCUT2D eigenvalue weighted by Gasteiger charge is 2.10. The minimum Gasteiger partial charge on any atom is -0.398 e. The number of nitrogens with one attached hydrogen (secondary N) is 1. The predicted octanol–water partition coefficient (Wildman–Crippen LogP) is 2.95. The van der Waals surface area contributed by atoms with Crippen molar-refractivity contribution in [1.82, 2.24) is 5.32 Å². The summed E-state index contributed by atoms with van der Waals surface area (Å²) in [6, 6.07) is 9.70. The van der Waals surface area contributed by atoms with Crippen molar-refractivity contribution >= 4 is 11.6 Å². The van der Waals surface area contributed by atoms with Crippen molar-refractivity contribution in [2.45, 2.75) is 20.4 Å². The number of carbonyl (C=O) groups excluding carboxylic acids is 1. The number of aryl methyl sites for hydroxylation is 2. The molecule has 104 valence electrons. The quantitative estimate of drug-likeness (QED) is 0.844. The first-order valence-corrected chi connectivity index (χ1v) is 6.36. The third-order valence-electron chi connectivity index (χ3n) is 3.20. The fourth-order valence-corrected chi connectivity index (χ4v) is 2.04. The molecular weight excluding hydrogens is 255 g/mol. The fraction of sp³-hybridized carbons (Fsp3) is 0.188. The van der Waals surface area contributed by atoms with Gasteiger partial charge < -0.3 is 11.1 Å². The molecule has 20 heavy (non-hydrogen) atoms. The Morgan fingerprint density at radius 1 is 1.20 bits per heavy atom. The van der Waals surface area contributed by atoms with E-state index in [0.29, 0.717) is 11.3 Å². The van der Waals surface area contributed by atoms with Crippen LogP contribution in [0, 0.1) is 19.7 Å². The number of benzene rings is 2. The average molecular weight is 272 g/mol. The number of rotatable bonds is 3. The van der Waals surface area contributed by atoms with Crippen LogP contribution in [-0.2, 0) is 6.54 Å². The molecule has 0 saturated carbocycles. The fourth-order valence-electron chi connectivity index (χ4n) is 2.04. The molecule has 0 unspecified atom stereocenters. The molecule has 0 atom stereocenters. The van der Waals surface area contributed by atoms with Gasteiger partial charge in [0.25, 0.3) is 5.91 Å². The molecule has 2 aromatic rings. The van der Waals surface area contributed by atoms with Gasteiger partial charge in [0.2, 0.25) is 0 Å². The number of anilines is 1. The van der Waals surface area contributed by atoms with Crippen LogP contribution in [0.15, 0.2) is 36.4 Å². The molecule has 0 aromatic heterocycles. The zero-order valence-corrected chi connectivity index (χ0v) is 11.5. The third-order valence-corrected chi connectivity index (χ3v) is 3.20. The number of hydrogen-bond donors (Lipinski definition) is 2. The first-order valence-electron chi connectivity index (χ1n) is 6.36. The van der Waals surface area contributed by atoms with Crippen LogP contribution >= 0.6 is 0 Å². The maximum Gasteiger partial charge on any atom is 0.251 e. The van der Waals surface area contributed by atoms with Crippen molar-refractivity contribution in [1.29, 1.82) is 0 Å². The van der Waals surface area contributed by atoms with E-state index in [1.807, 2.05) is 19.9 Å². The highest BCUT2D eigenvalue weighted by molar-refractivity contribution is 5.96. The van der Waals surface area contributed by atoms with Crippen LogP contribution in [-0.4, -0.2) is 5.91 Å². The molecule has 0 saturated heterocycles. The van der Waals surface area contributed by atoms with Gasteiger partial charge in [0.1, 0.15) is 5.82 Å². The number of halogens is 1. The maximum atomic E-state index is 13.0. The molecule has 0 fully saturated rings. The van der Waals surface area contributed by atoms with E-state index in [1.54, 1.807) is 18.2 Å². The van der Waals surface area contributed by atoms with Crippen LogP contribution in [0.25, 0.3) is 0 Å². The van der Waals surface area contributed by atoms with Crippen molar-refractivity contribution in [3.05, 3.63) is 64.5 Å². The van der Waals surface area contributed by atoms with E-state index in [9.17, 15) is 9.18 Å². The normalized spacial score (nSPS) is 10.3. The molecular formula is C16H17FN2O. The maximum absolute atomic E-state index is 13.0. The molecule has 4 heteroatoms. The van der Waals surface area contributed by atoms with Crippen LogP contribution in [0.3, 0.4) is 0 Å². The molecule has 0 aliphatic rings. The Kier molecular flexibility index (Phi) is 4.03. The van der Waals surface area contributed by atoms with Crippen molar-refractivity contribution in [3.8, 4) is 0 Å². The van der Waals surface area contributed by atoms with Gasteiger partial charge in [0.05, 0.1) is 0 Å². The second-order valence-electron chi connectivity index (χ2n) is 4.84. The smallest absolute Gasteiger partial charge is 0.251 e. The summed E-state index contributed by atoms with van der Waals surface area (Å²) in [5.74, 6) is -0.522. The highest BCUT2D eigenvalue weighted by Crippen LogP contribution is 2.17. The second-order valence-corrected chi connectivity index (χ2v) is 4.84. The Bertz CT molecular complexity index is 653. The summed E-state index contributed by atoms with van der Waals surface area (Å²) in [5, 5.41) is 2.77. The number of carbonyl (C=O) groups is 1. The van der Waals surface area contributed by atoms with Gasteiger partial charge in [-0.15, -0.1) is 0 Å². The lowest BCUT2D eigenvalue weighted by molar-refractivity contribution is 0.0950. The van der Waals surface area contributed by atoms with E-state index in [1.165, 1.54) is 12.1 Å². The second kappa shape index (κ2) is 5.74. The predicted molar refractivity (Wildman–Crippen MR) is 77.9 cm³/mol. The minimum absolute atomic E-state index is 0.210. The van der Waals surface area contributed by atoms with Crippen molar-refractivity contribution < 1.29 is 9.18 Å². The summed E-state index contributed by atoms with van der Waals surface area (Å²) in [6.07, 6.45) is 0. The molecule has 2 aromatic carbocycles. The highest BCUT2D eigenvalue weighted by atomic mass is 19.1. The molecule has 3 N–H and O–H groups in total. The molecule has 0 aliphatic carbocycles. The topological polar surface area (TPSA) is 55.1 Å². The number of nitrogen functional groups attached to an aromatic ring is 1.